The maximum Gasteiger partial charge on any atom is 0.337 e. The third-order valence-corrected chi connectivity index (χ3v) is 2.68. The summed E-state index contributed by atoms with van der Waals surface area (Å²) < 4.78 is 4.78. The van der Waals surface area contributed by atoms with E-state index in [0.717, 1.165) is 6.07 Å². The molecule has 1 unspecified atom stereocenters. The van der Waals surface area contributed by atoms with Gasteiger partial charge in [0.25, 0.3) is 5.69 Å². The van der Waals surface area contributed by atoms with Crippen LogP contribution >= 0.6 is 0 Å². The molecule has 1 aromatic rings. The van der Waals surface area contributed by atoms with Crippen LogP contribution in [0.5, 0.6) is 0 Å². The van der Waals surface area contributed by atoms with Crippen LogP contribution < -0.4 is 4.90 Å². The molecule has 8 nitrogen and oxygen atoms in total. The Bertz CT molecular complexity index is 505. The van der Waals surface area contributed by atoms with Crippen LogP contribution in [0.2, 0.25) is 0 Å². The molecular weight excluding hydrogens is 268 g/mol. The van der Waals surface area contributed by atoms with E-state index in [9.17, 15) is 20.0 Å². The molecule has 0 bridgehead atoms. The highest BCUT2D eigenvalue weighted by molar-refractivity contribution is 5.95. The Kier molecular flexibility index (Phi) is 5.42. The number of aromatic carboxylic acids is 1. The van der Waals surface area contributed by atoms with Crippen LogP contribution in [0, 0.1) is 10.1 Å². The Morgan fingerprint density at radius 3 is 2.70 bits per heavy atom. The van der Waals surface area contributed by atoms with Crippen molar-refractivity contribution in [3.05, 3.63) is 33.9 Å². The van der Waals surface area contributed by atoms with E-state index in [1.54, 1.807) is 7.05 Å². The molecule has 0 aromatic heterocycles. The molecule has 0 aliphatic heterocycles. The number of likely N-dealkylation sites (N-methyl/N-ethyl adjacent to an activating group) is 1. The summed E-state index contributed by atoms with van der Waals surface area (Å²) in [6.45, 7) is 0.178. The molecule has 1 rings (SSSR count). The first-order valence-electron chi connectivity index (χ1n) is 5.76. The SMILES string of the molecule is COCC(O)CN(C)c1cc([N+](=O)[O-])ccc1C(=O)O. The number of nitrogens with zero attached hydrogens (tertiary/aromatic N) is 2. The number of rotatable bonds is 7. The van der Waals surface area contributed by atoms with Gasteiger partial charge in [0.1, 0.15) is 0 Å². The van der Waals surface area contributed by atoms with E-state index in [1.807, 2.05) is 0 Å². The lowest BCUT2D eigenvalue weighted by molar-refractivity contribution is -0.384. The van der Waals surface area contributed by atoms with Gasteiger partial charge in [-0.1, -0.05) is 0 Å². The first-order chi connectivity index (χ1) is 9.36. The van der Waals surface area contributed by atoms with E-state index >= 15 is 0 Å². The van der Waals surface area contributed by atoms with Crippen LogP contribution in [0.1, 0.15) is 10.4 Å². The van der Waals surface area contributed by atoms with Crippen molar-refractivity contribution in [1.82, 2.24) is 0 Å². The fourth-order valence-corrected chi connectivity index (χ4v) is 1.79. The molecule has 0 aliphatic carbocycles. The second kappa shape index (κ2) is 6.83. The fourth-order valence-electron chi connectivity index (χ4n) is 1.79. The van der Waals surface area contributed by atoms with Crippen LogP contribution in [0.4, 0.5) is 11.4 Å². The van der Waals surface area contributed by atoms with Gasteiger partial charge in [-0.25, -0.2) is 4.79 Å². The highest BCUT2D eigenvalue weighted by Gasteiger charge is 2.19. The van der Waals surface area contributed by atoms with Gasteiger partial charge in [0.15, 0.2) is 0 Å². The van der Waals surface area contributed by atoms with Gasteiger partial charge in [0.05, 0.1) is 28.9 Å². The molecule has 0 aliphatic rings. The lowest BCUT2D eigenvalue weighted by Gasteiger charge is -2.23. The van der Waals surface area contributed by atoms with Crippen molar-refractivity contribution >= 4 is 17.3 Å². The van der Waals surface area contributed by atoms with Gasteiger partial charge in [-0.3, -0.25) is 10.1 Å². The lowest BCUT2D eigenvalue weighted by Crippen LogP contribution is -2.32. The number of aliphatic hydroxyl groups excluding tert-OH is 1. The number of non-ortho nitro benzene ring substituents is 1. The van der Waals surface area contributed by atoms with Gasteiger partial charge in [0, 0.05) is 32.8 Å². The molecule has 1 aromatic carbocycles. The molecule has 1 atom stereocenters. The van der Waals surface area contributed by atoms with Gasteiger partial charge in [0.2, 0.25) is 0 Å². The second-order valence-electron chi connectivity index (χ2n) is 4.25. The maximum atomic E-state index is 11.1. The Hall–Kier alpha value is -2.19. The van der Waals surface area contributed by atoms with Crippen molar-refractivity contribution in [2.45, 2.75) is 6.10 Å². The van der Waals surface area contributed by atoms with E-state index in [1.165, 1.54) is 24.1 Å². The quantitative estimate of drug-likeness (QED) is 0.560. The summed E-state index contributed by atoms with van der Waals surface area (Å²) in [5.74, 6) is -1.19. The zero-order valence-electron chi connectivity index (χ0n) is 11.1. The minimum atomic E-state index is -1.19. The number of hydrogen-bond donors (Lipinski definition) is 2. The zero-order valence-corrected chi connectivity index (χ0v) is 11.1. The minimum absolute atomic E-state index is 0.0669. The molecular formula is C12H16N2O6. The van der Waals surface area contributed by atoms with Crippen molar-refractivity contribution in [3.63, 3.8) is 0 Å². The van der Waals surface area contributed by atoms with E-state index in [2.05, 4.69) is 0 Å². The highest BCUT2D eigenvalue weighted by Crippen LogP contribution is 2.25. The molecule has 0 saturated carbocycles. The number of carbonyl (C=O) groups is 1. The molecule has 0 amide bonds. The van der Waals surface area contributed by atoms with Crippen molar-refractivity contribution in [2.75, 3.05) is 32.2 Å². The van der Waals surface area contributed by atoms with Crippen molar-refractivity contribution < 1.29 is 24.7 Å². The van der Waals surface area contributed by atoms with E-state index in [4.69, 9.17) is 9.84 Å². The Morgan fingerprint density at radius 2 is 2.20 bits per heavy atom. The van der Waals surface area contributed by atoms with E-state index in [-0.39, 0.29) is 30.1 Å². The van der Waals surface area contributed by atoms with Gasteiger partial charge < -0.3 is 19.8 Å². The number of carboxylic acid groups (broad SMARTS) is 1. The largest absolute Gasteiger partial charge is 0.478 e. The average Bonchev–Trinajstić information content (AvgIpc) is 2.37. The molecule has 8 heteroatoms. The van der Waals surface area contributed by atoms with Crippen LogP contribution in [0.25, 0.3) is 0 Å². The summed E-state index contributed by atoms with van der Waals surface area (Å²) in [5.41, 5.74) is -0.109. The minimum Gasteiger partial charge on any atom is -0.478 e. The Balaban J connectivity index is 3.08. The average molecular weight is 284 g/mol. The van der Waals surface area contributed by atoms with Gasteiger partial charge >= 0.3 is 5.97 Å². The molecule has 20 heavy (non-hydrogen) atoms. The summed E-state index contributed by atoms with van der Waals surface area (Å²) in [6, 6.07) is 3.48. The summed E-state index contributed by atoms with van der Waals surface area (Å²) in [4.78, 5) is 22.7. The number of hydrogen-bond acceptors (Lipinski definition) is 6. The summed E-state index contributed by atoms with van der Waals surface area (Å²) in [6.07, 6.45) is -0.828. The smallest absolute Gasteiger partial charge is 0.337 e. The first-order valence-corrected chi connectivity index (χ1v) is 5.76. The number of aliphatic hydroxyl groups is 1. The summed E-state index contributed by atoms with van der Waals surface area (Å²) in [7, 11) is 2.98. The predicted octanol–water partition coefficient (Wildman–Crippen LogP) is 0.737. The predicted molar refractivity (Wildman–Crippen MR) is 71.2 cm³/mol. The summed E-state index contributed by atoms with van der Waals surface area (Å²) in [5, 5.41) is 29.5. The van der Waals surface area contributed by atoms with Crippen LogP contribution in [0.3, 0.4) is 0 Å². The third kappa shape index (κ3) is 3.90. The Morgan fingerprint density at radius 1 is 1.55 bits per heavy atom. The summed E-state index contributed by atoms with van der Waals surface area (Å²) >= 11 is 0. The highest BCUT2D eigenvalue weighted by atomic mass is 16.6. The standard InChI is InChI=1S/C12H16N2O6/c1-13(6-9(15)7-20-2)11-5-8(14(18)19)3-4-10(11)12(16)17/h3-5,9,15H,6-7H2,1-2H3,(H,16,17). The van der Waals surface area contributed by atoms with Crippen LogP contribution in [-0.4, -0.2) is 54.5 Å². The number of methoxy groups -OCH3 is 1. The molecule has 2 N–H and O–H groups in total. The first kappa shape index (κ1) is 15.9. The lowest BCUT2D eigenvalue weighted by atomic mass is 10.1. The molecule has 110 valence electrons. The maximum absolute atomic E-state index is 11.1. The number of ether oxygens (including phenoxy) is 1. The number of benzene rings is 1. The number of nitro benzene ring substituents is 1. The fraction of sp³-hybridized carbons (Fsp3) is 0.417. The van der Waals surface area contributed by atoms with Gasteiger partial charge in [-0.05, 0) is 6.07 Å². The second-order valence-corrected chi connectivity index (χ2v) is 4.25. The van der Waals surface area contributed by atoms with Crippen LogP contribution in [0.15, 0.2) is 18.2 Å². The number of anilines is 1. The molecule has 0 heterocycles. The monoisotopic (exact) mass is 284 g/mol. The molecule has 0 fully saturated rings. The molecule has 0 saturated heterocycles. The molecule has 0 spiro atoms. The van der Waals surface area contributed by atoms with Gasteiger partial charge in [-0.15, -0.1) is 0 Å². The Labute approximate surface area is 115 Å². The normalized spacial score (nSPS) is 11.9. The molecule has 0 radical (unpaired) electrons. The van der Waals surface area contributed by atoms with Crippen molar-refractivity contribution in [1.29, 1.82) is 0 Å². The van der Waals surface area contributed by atoms with Crippen molar-refractivity contribution in [3.8, 4) is 0 Å². The van der Waals surface area contributed by atoms with Crippen molar-refractivity contribution in [2.24, 2.45) is 0 Å². The topological polar surface area (TPSA) is 113 Å². The third-order valence-electron chi connectivity index (χ3n) is 2.68. The number of carboxylic acids is 1. The van der Waals surface area contributed by atoms with Crippen LogP contribution in [-0.2, 0) is 4.74 Å². The van der Waals surface area contributed by atoms with Gasteiger partial charge in [-0.2, -0.15) is 0 Å². The number of nitro groups is 1. The van der Waals surface area contributed by atoms with E-state index in [0.29, 0.717) is 0 Å². The van der Waals surface area contributed by atoms with E-state index < -0.39 is 17.0 Å². The zero-order chi connectivity index (χ0) is 15.3.